The monoisotopic (exact) mass is 807 g/mol. The molecule has 0 saturated heterocycles. The van der Waals surface area contributed by atoms with Crippen molar-refractivity contribution in [3.05, 3.63) is 85.1 Å². The van der Waals surface area contributed by atoms with E-state index in [1.54, 1.807) is 0 Å². The summed E-state index contributed by atoms with van der Waals surface area (Å²) in [5, 5.41) is 0. The number of ether oxygens (including phenoxy) is 3. The average Bonchev–Trinajstić information content (AvgIpc) is 3.22. The highest BCUT2D eigenvalue weighted by atomic mass is 16.6. The van der Waals surface area contributed by atoms with Gasteiger partial charge in [-0.1, -0.05) is 196 Å². The maximum atomic E-state index is 12.7. The molecule has 332 valence electrons. The van der Waals surface area contributed by atoms with Gasteiger partial charge in [-0.15, -0.1) is 0 Å². The normalized spacial score (nSPS) is 12.9. The minimum Gasteiger partial charge on any atom is -0.462 e. The van der Waals surface area contributed by atoms with Gasteiger partial charge in [0.1, 0.15) is 6.61 Å². The van der Waals surface area contributed by atoms with E-state index in [9.17, 15) is 9.59 Å². The Bertz CT molecular complexity index is 1090. The van der Waals surface area contributed by atoms with Gasteiger partial charge in [-0.2, -0.15) is 0 Å². The number of unbranched alkanes of at least 4 members (excludes halogenated alkanes) is 18. The zero-order valence-corrected chi connectivity index (χ0v) is 38.0. The molecule has 0 rings (SSSR count). The van der Waals surface area contributed by atoms with Crippen LogP contribution in [0.3, 0.4) is 0 Å². The molecule has 1 unspecified atom stereocenters. The van der Waals surface area contributed by atoms with Gasteiger partial charge in [-0.05, 0) is 89.9 Å². The highest BCUT2D eigenvalue weighted by Crippen LogP contribution is 2.14. The molecule has 0 fully saturated rings. The second-order valence-electron chi connectivity index (χ2n) is 15.6. The second kappa shape index (κ2) is 48.4. The van der Waals surface area contributed by atoms with Crippen LogP contribution in [0.15, 0.2) is 85.1 Å². The summed E-state index contributed by atoms with van der Waals surface area (Å²) >= 11 is 0. The summed E-state index contributed by atoms with van der Waals surface area (Å²) in [6.07, 6.45) is 63.0. The zero-order valence-electron chi connectivity index (χ0n) is 38.0. The average molecular weight is 807 g/mol. The predicted molar refractivity (Wildman–Crippen MR) is 251 cm³/mol. The molecule has 0 aromatic rings. The van der Waals surface area contributed by atoms with Crippen LogP contribution in [0, 0.1) is 0 Å². The lowest BCUT2D eigenvalue weighted by molar-refractivity contribution is -0.163. The third kappa shape index (κ3) is 45.8. The van der Waals surface area contributed by atoms with E-state index in [0.29, 0.717) is 19.4 Å². The lowest BCUT2D eigenvalue weighted by atomic mass is 10.0. The Morgan fingerprint density at radius 2 is 0.776 bits per heavy atom. The van der Waals surface area contributed by atoms with E-state index in [1.165, 1.54) is 77.0 Å². The topological polar surface area (TPSA) is 61.8 Å². The van der Waals surface area contributed by atoms with Crippen molar-refractivity contribution < 1.29 is 23.8 Å². The SMILES string of the molecule is CC/C=C\C/C=C\C/C=C\C/C=C\CCCCC(=O)OCC(COCCCCCCCCCCCCCCCC)OC(=O)CCCCC/C=C\C/C=C\C/C=C\CC. The highest BCUT2D eigenvalue weighted by molar-refractivity contribution is 5.70. The molecule has 0 spiro atoms. The first-order valence-corrected chi connectivity index (χ1v) is 24.1. The van der Waals surface area contributed by atoms with Gasteiger partial charge in [0.15, 0.2) is 6.10 Å². The molecule has 0 bridgehead atoms. The molecule has 0 aliphatic heterocycles. The molecule has 0 aromatic heterocycles. The first-order chi connectivity index (χ1) is 28.6. The fourth-order valence-electron chi connectivity index (χ4n) is 6.40. The quantitative estimate of drug-likeness (QED) is 0.0349. The Labute approximate surface area is 359 Å². The third-order valence-corrected chi connectivity index (χ3v) is 9.93. The molecule has 0 aromatic carbocycles. The number of carbonyl (C=O) groups excluding carboxylic acids is 2. The van der Waals surface area contributed by atoms with Crippen LogP contribution in [0.1, 0.15) is 213 Å². The van der Waals surface area contributed by atoms with E-state index >= 15 is 0 Å². The van der Waals surface area contributed by atoms with E-state index in [0.717, 1.165) is 103 Å². The van der Waals surface area contributed by atoms with Crippen molar-refractivity contribution in [2.45, 2.75) is 219 Å². The van der Waals surface area contributed by atoms with E-state index in [1.807, 2.05) is 0 Å². The van der Waals surface area contributed by atoms with Crippen molar-refractivity contribution in [2.75, 3.05) is 19.8 Å². The molecule has 0 N–H and O–H groups in total. The molecule has 0 amide bonds. The van der Waals surface area contributed by atoms with E-state index in [2.05, 4.69) is 106 Å². The van der Waals surface area contributed by atoms with Crippen LogP contribution in [0.5, 0.6) is 0 Å². The van der Waals surface area contributed by atoms with Crippen molar-refractivity contribution >= 4 is 11.9 Å². The number of esters is 2. The maximum Gasteiger partial charge on any atom is 0.306 e. The van der Waals surface area contributed by atoms with Crippen molar-refractivity contribution in [1.29, 1.82) is 0 Å². The van der Waals surface area contributed by atoms with Crippen LogP contribution < -0.4 is 0 Å². The molecular formula is C53H90O5. The Morgan fingerprint density at radius 3 is 1.26 bits per heavy atom. The first-order valence-electron chi connectivity index (χ1n) is 24.1. The second-order valence-corrected chi connectivity index (χ2v) is 15.6. The molecule has 5 nitrogen and oxygen atoms in total. The maximum absolute atomic E-state index is 12.7. The lowest BCUT2D eigenvalue weighted by Crippen LogP contribution is -2.30. The molecule has 5 heteroatoms. The number of rotatable bonds is 43. The van der Waals surface area contributed by atoms with Gasteiger partial charge in [-0.3, -0.25) is 9.59 Å². The van der Waals surface area contributed by atoms with Gasteiger partial charge >= 0.3 is 11.9 Å². The van der Waals surface area contributed by atoms with Crippen molar-refractivity contribution in [1.82, 2.24) is 0 Å². The van der Waals surface area contributed by atoms with E-state index in [4.69, 9.17) is 14.2 Å². The first kappa shape index (κ1) is 55.1. The smallest absolute Gasteiger partial charge is 0.306 e. The summed E-state index contributed by atoms with van der Waals surface area (Å²) in [5.74, 6) is -0.480. The summed E-state index contributed by atoms with van der Waals surface area (Å²) in [4.78, 5) is 25.3. The number of carbonyl (C=O) groups is 2. The summed E-state index contributed by atoms with van der Waals surface area (Å²) in [6, 6.07) is 0. The van der Waals surface area contributed by atoms with Gasteiger partial charge in [0, 0.05) is 19.4 Å². The van der Waals surface area contributed by atoms with Crippen LogP contribution >= 0.6 is 0 Å². The molecule has 0 aliphatic carbocycles. The Kier molecular flexibility index (Phi) is 46.0. The molecule has 0 aliphatic rings. The number of hydrogen-bond acceptors (Lipinski definition) is 5. The predicted octanol–water partition coefficient (Wildman–Crippen LogP) is 16.1. The molecule has 0 saturated carbocycles. The highest BCUT2D eigenvalue weighted by Gasteiger charge is 2.17. The largest absolute Gasteiger partial charge is 0.462 e. The Hall–Kier alpha value is -2.92. The molecule has 0 radical (unpaired) electrons. The third-order valence-electron chi connectivity index (χ3n) is 9.93. The minimum atomic E-state index is -0.569. The minimum absolute atomic E-state index is 0.0499. The fraction of sp³-hybridized carbons (Fsp3) is 0.698. The van der Waals surface area contributed by atoms with Crippen LogP contribution in [0.25, 0.3) is 0 Å². The Balaban J connectivity index is 4.38. The van der Waals surface area contributed by atoms with Gasteiger partial charge in [0.2, 0.25) is 0 Å². The van der Waals surface area contributed by atoms with Gasteiger partial charge in [0.05, 0.1) is 6.61 Å². The van der Waals surface area contributed by atoms with Gasteiger partial charge in [0.25, 0.3) is 0 Å². The van der Waals surface area contributed by atoms with Crippen LogP contribution in [-0.4, -0.2) is 37.9 Å². The number of allylic oxidation sites excluding steroid dienone is 14. The lowest BCUT2D eigenvalue weighted by Gasteiger charge is -2.18. The van der Waals surface area contributed by atoms with Crippen molar-refractivity contribution in [2.24, 2.45) is 0 Å². The molecule has 1 atom stereocenters. The van der Waals surface area contributed by atoms with Crippen LogP contribution in [-0.2, 0) is 23.8 Å². The van der Waals surface area contributed by atoms with Gasteiger partial charge in [-0.25, -0.2) is 0 Å². The van der Waals surface area contributed by atoms with Gasteiger partial charge < -0.3 is 14.2 Å². The fourth-order valence-corrected chi connectivity index (χ4v) is 6.40. The van der Waals surface area contributed by atoms with Crippen molar-refractivity contribution in [3.8, 4) is 0 Å². The number of hydrogen-bond donors (Lipinski definition) is 0. The van der Waals surface area contributed by atoms with E-state index < -0.39 is 6.10 Å². The summed E-state index contributed by atoms with van der Waals surface area (Å²) in [6.45, 7) is 7.53. The zero-order chi connectivity index (χ0) is 42.1. The van der Waals surface area contributed by atoms with E-state index in [-0.39, 0.29) is 25.2 Å². The molecule has 58 heavy (non-hydrogen) atoms. The summed E-state index contributed by atoms with van der Waals surface area (Å²) in [5.41, 5.74) is 0. The van der Waals surface area contributed by atoms with Crippen LogP contribution in [0.4, 0.5) is 0 Å². The van der Waals surface area contributed by atoms with Crippen molar-refractivity contribution in [3.63, 3.8) is 0 Å². The standard InChI is InChI=1S/C53H90O5/c1-4-7-10-13-16-19-22-25-27-29-31-34-37-40-43-46-52(54)57-50-51(49-56-48-45-42-39-36-33-30-26-23-20-17-14-11-8-5-2)58-53(55)47-44-41-38-35-32-28-24-21-18-15-12-9-6-3/h7,9-10,12,16,18-19,21,25,27-28,31-32,34,51H,4-6,8,11,13-15,17,20,22-24,26,29-30,33,35-50H2,1-3H3/b10-7-,12-9-,19-16-,21-18-,27-25-,32-28-,34-31-. The molecule has 0 heterocycles. The molecular weight excluding hydrogens is 717 g/mol. The van der Waals surface area contributed by atoms with Crippen LogP contribution in [0.2, 0.25) is 0 Å². The summed E-state index contributed by atoms with van der Waals surface area (Å²) in [7, 11) is 0. The Morgan fingerprint density at radius 1 is 0.397 bits per heavy atom. The summed E-state index contributed by atoms with van der Waals surface area (Å²) < 4.78 is 17.3.